The Bertz CT molecular complexity index is 239. The molecule has 1 unspecified atom stereocenters. The first-order valence-corrected chi connectivity index (χ1v) is 3.15. The summed E-state index contributed by atoms with van der Waals surface area (Å²) < 4.78 is 4.71. The standard InChI is InChI=1S/C6H9N3O2/c1-4(10)5-3-7-9-6(8-5)11-2/h3-4,10H,1-2H3. The van der Waals surface area contributed by atoms with Crippen molar-refractivity contribution < 1.29 is 9.84 Å². The molecule has 0 fully saturated rings. The van der Waals surface area contributed by atoms with Crippen LogP contribution in [0.2, 0.25) is 0 Å². The van der Waals surface area contributed by atoms with Gasteiger partial charge in [0.25, 0.3) is 0 Å². The molecule has 0 aliphatic rings. The van der Waals surface area contributed by atoms with E-state index in [1.54, 1.807) is 6.92 Å². The van der Waals surface area contributed by atoms with Crippen LogP contribution in [-0.4, -0.2) is 27.4 Å². The topological polar surface area (TPSA) is 68.1 Å². The van der Waals surface area contributed by atoms with Gasteiger partial charge in [0.2, 0.25) is 0 Å². The molecule has 0 radical (unpaired) electrons. The molecule has 0 amide bonds. The molecule has 1 heterocycles. The van der Waals surface area contributed by atoms with Gasteiger partial charge in [-0.05, 0) is 6.92 Å². The number of aliphatic hydroxyl groups excluding tert-OH is 1. The fourth-order valence-corrected chi connectivity index (χ4v) is 0.587. The van der Waals surface area contributed by atoms with Gasteiger partial charge in [0.05, 0.1) is 25.1 Å². The van der Waals surface area contributed by atoms with Crippen LogP contribution in [0.5, 0.6) is 6.01 Å². The van der Waals surface area contributed by atoms with E-state index in [-0.39, 0.29) is 6.01 Å². The van der Waals surface area contributed by atoms with Crippen molar-refractivity contribution in [1.82, 2.24) is 15.2 Å². The van der Waals surface area contributed by atoms with Gasteiger partial charge in [-0.3, -0.25) is 0 Å². The van der Waals surface area contributed by atoms with Crippen LogP contribution < -0.4 is 4.74 Å². The summed E-state index contributed by atoms with van der Waals surface area (Å²) >= 11 is 0. The van der Waals surface area contributed by atoms with Crippen molar-refractivity contribution in [3.05, 3.63) is 11.9 Å². The van der Waals surface area contributed by atoms with E-state index in [2.05, 4.69) is 15.2 Å². The number of aliphatic hydroxyl groups is 1. The molecule has 0 aliphatic heterocycles. The molecule has 1 aromatic rings. The third kappa shape index (κ3) is 1.84. The van der Waals surface area contributed by atoms with E-state index in [1.165, 1.54) is 13.3 Å². The molecule has 0 saturated heterocycles. The lowest BCUT2D eigenvalue weighted by Crippen LogP contribution is -2.01. The molecule has 1 aromatic heterocycles. The number of hydrogen-bond acceptors (Lipinski definition) is 5. The monoisotopic (exact) mass is 155 g/mol. The van der Waals surface area contributed by atoms with E-state index in [0.717, 1.165) is 0 Å². The zero-order chi connectivity index (χ0) is 8.27. The fraction of sp³-hybridized carbons (Fsp3) is 0.500. The molecule has 0 aliphatic carbocycles. The Labute approximate surface area is 64.1 Å². The predicted molar refractivity (Wildman–Crippen MR) is 37.0 cm³/mol. The minimum Gasteiger partial charge on any atom is -0.466 e. The smallest absolute Gasteiger partial charge is 0.335 e. The van der Waals surface area contributed by atoms with Gasteiger partial charge in [0.15, 0.2) is 0 Å². The Morgan fingerprint density at radius 3 is 2.91 bits per heavy atom. The van der Waals surface area contributed by atoms with Crippen molar-refractivity contribution in [3.8, 4) is 6.01 Å². The average molecular weight is 155 g/mol. The lowest BCUT2D eigenvalue weighted by molar-refractivity contribution is 0.191. The number of rotatable bonds is 2. The molecule has 1 rings (SSSR count). The fourth-order valence-electron chi connectivity index (χ4n) is 0.587. The van der Waals surface area contributed by atoms with Gasteiger partial charge in [-0.25, -0.2) is 0 Å². The van der Waals surface area contributed by atoms with Crippen LogP contribution in [0.1, 0.15) is 18.7 Å². The van der Waals surface area contributed by atoms with Crippen LogP contribution >= 0.6 is 0 Å². The molecule has 0 saturated carbocycles. The molecule has 1 N–H and O–H groups in total. The van der Waals surface area contributed by atoms with Crippen molar-refractivity contribution in [3.63, 3.8) is 0 Å². The highest BCUT2D eigenvalue weighted by molar-refractivity contribution is 5.01. The number of ether oxygens (including phenoxy) is 1. The summed E-state index contributed by atoms with van der Waals surface area (Å²) in [6.07, 6.45) is 0.757. The van der Waals surface area contributed by atoms with Gasteiger partial charge in [-0.2, -0.15) is 10.1 Å². The maximum absolute atomic E-state index is 9.06. The lowest BCUT2D eigenvalue weighted by atomic mass is 10.3. The van der Waals surface area contributed by atoms with Crippen LogP contribution in [0.4, 0.5) is 0 Å². The molecule has 0 spiro atoms. The molecule has 5 nitrogen and oxygen atoms in total. The average Bonchev–Trinajstić information content (AvgIpc) is 2.05. The molecular weight excluding hydrogens is 146 g/mol. The van der Waals surface area contributed by atoms with Gasteiger partial charge >= 0.3 is 6.01 Å². The highest BCUT2D eigenvalue weighted by Gasteiger charge is 2.04. The van der Waals surface area contributed by atoms with E-state index in [0.29, 0.717) is 5.69 Å². The van der Waals surface area contributed by atoms with Gasteiger partial charge < -0.3 is 9.84 Å². The Hall–Kier alpha value is -1.23. The molecule has 1 atom stereocenters. The van der Waals surface area contributed by atoms with Crippen LogP contribution in [-0.2, 0) is 0 Å². The molecular formula is C6H9N3O2. The van der Waals surface area contributed by atoms with Crippen LogP contribution in [0.25, 0.3) is 0 Å². The number of nitrogens with zero attached hydrogens (tertiary/aromatic N) is 3. The first kappa shape index (κ1) is 7.87. The second kappa shape index (κ2) is 3.25. The van der Waals surface area contributed by atoms with Crippen molar-refractivity contribution in [2.75, 3.05) is 7.11 Å². The van der Waals surface area contributed by atoms with E-state index in [4.69, 9.17) is 9.84 Å². The second-order valence-corrected chi connectivity index (χ2v) is 2.04. The zero-order valence-corrected chi connectivity index (χ0v) is 6.35. The maximum Gasteiger partial charge on any atom is 0.335 e. The van der Waals surface area contributed by atoms with E-state index >= 15 is 0 Å². The number of hydrogen-bond donors (Lipinski definition) is 1. The summed E-state index contributed by atoms with van der Waals surface area (Å²) in [7, 11) is 1.45. The first-order valence-electron chi connectivity index (χ1n) is 3.15. The first-order chi connectivity index (χ1) is 5.24. The minimum absolute atomic E-state index is 0.170. The van der Waals surface area contributed by atoms with Crippen LogP contribution in [0.15, 0.2) is 6.20 Å². The van der Waals surface area contributed by atoms with Crippen molar-refractivity contribution in [1.29, 1.82) is 0 Å². The molecule has 11 heavy (non-hydrogen) atoms. The van der Waals surface area contributed by atoms with E-state index in [1.807, 2.05) is 0 Å². The lowest BCUT2D eigenvalue weighted by Gasteiger charge is -2.02. The van der Waals surface area contributed by atoms with Crippen molar-refractivity contribution in [2.45, 2.75) is 13.0 Å². The third-order valence-electron chi connectivity index (χ3n) is 1.17. The van der Waals surface area contributed by atoms with Crippen LogP contribution in [0.3, 0.4) is 0 Å². The highest BCUT2D eigenvalue weighted by atomic mass is 16.5. The highest BCUT2D eigenvalue weighted by Crippen LogP contribution is 2.08. The second-order valence-electron chi connectivity index (χ2n) is 2.04. The normalized spacial score (nSPS) is 12.6. The van der Waals surface area contributed by atoms with Gasteiger partial charge in [0, 0.05) is 0 Å². The van der Waals surface area contributed by atoms with Gasteiger partial charge in [0.1, 0.15) is 0 Å². The van der Waals surface area contributed by atoms with Crippen LogP contribution in [0, 0.1) is 0 Å². The van der Waals surface area contributed by atoms with Gasteiger partial charge in [-0.15, -0.1) is 0 Å². The summed E-state index contributed by atoms with van der Waals surface area (Å²) in [5, 5.41) is 16.2. The summed E-state index contributed by atoms with van der Waals surface area (Å²) in [5.74, 6) is 0. The Kier molecular flexibility index (Phi) is 2.32. The Morgan fingerprint density at radius 2 is 2.36 bits per heavy atom. The molecule has 60 valence electrons. The predicted octanol–water partition coefficient (Wildman–Crippen LogP) is -0.0665. The zero-order valence-electron chi connectivity index (χ0n) is 6.35. The Morgan fingerprint density at radius 1 is 1.64 bits per heavy atom. The molecule has 0 aromatic carbocycles. The summed E-state index contributed by atoms with van der Waals surface area (Å²) in [6, 6.07) is 0.170. The summed E-state index contributed by atoms with van der Waals surface area (Å²) in [4.78, 5) is 3.84. The van der Waals surface area contributed by atoms with Gasteiger partial charge in [-0.1, -0.05) is 5.10 Å². The van der Waals surface area contributed by atoms with Crippen molar-refractivity contribution in [2.24, 2.45) is 0 Å². The third-order valence-corrected chi connectivity index (χ3v) is 1.17. The maximum atomic E-state index is 9.06. The number of methoxy groups -OCH3 is 1. The molecule has 5 heteroatoms. The SMILES string of the molecule is COc1nncc(C(C)O)n1. The molecule has 0 bridgehead atoms. The number of aromatic nitrogens is 3. The van der Waals surface area contributed by atoms with E-state index in [9.17, 15) is 0 Å². The largest absolute Gasteiger partial charge is 0.466 e. The quantitative estimate of drug-likeness (QED) is 0.647. The summed E-state index contributed by atoms with van der Waals surface area (Å²) in [6.45, 7) is 1.60. The van der Waals surface area contributed by atoms with Crippen molar-refractivity contribution >= 4 is 0 Å². The van der Waals surface area contributed by atoms with E-state index < -0.39 is 6.10 Å². The minimum atomic E-state index is -0.639. The summed E-state index contributed by atoms with van der Waals surface area (Å²) in [5.41, 5.74) is 0.455. The Balaban J connectivity index is 2.91.